The Morgan fingerprint density at radius 2 is 1.88 bits per heavy atom. The zero-order chi connectivity index (χ0) is 12.0. The number of rotatable bonds is 1. The molecular formula is C13H16ClNO2. The minimum atomic E-state index is -0.241. The minimum absolute atomic E-state index is 0.241. The SMILES string of the molecule is Cc1c(C2(N)CCCC2)cc(Cl)c2c1OCO2. The van der Waals surface area contributed by atoms with Gasteiger partial charge in [-0.15, -0.1) is 0 Å². The smallest absolute Gasteiger partial charge is 0.231 e. The molecule has 2 aliphatic rings. The van der Waals surface area contributed by atoms with E-state index in [2.05, 4.69) is 0 Å². The maximum absolute atomic E-state index is 6.49. The molecule has 1 aromatic carbocycles. The van der Waals surface area contributed by atoms with E-state index in [0.29, 0.717) is 10.8 Å². The number of hydrogen-bond donors (Lipinski definition) is 1. The summed E-state index contributed by atoms with van der Waals surface area (Å²) in [5.74, 6) is 1.43. The van der Waals surface area contributed by atoms with E-state index in [9.17, 15) is 0 Å². The highest BCUT2D eigenvalue weighted by molar-refractivity contribution is 6.32. The second-order valence-electron chi connectivity index (χ2n) is 4.96. The topological polar surface area (TPSA) is 44.5 Å². The van der Waals surface area contributed by atoms with Crippen molar-refractivity contribution in [1.29, 1.82) is 0 Å². The zero-order valence-electron chi connectivity index (χ0n) is 9.88. The monoisotopic (exact) mass is 253 g/mol. The summed E-state index contributed by atoms with van der Waals surface area (Å²) in [7, 11) is 0. The summed E-state index contributed by atoms with van der Waals surface area (Å²) in [5, 5.41) is 0.606. The third-order valence-corrected chi connectivity index (χ3v) is 4.16. The minimum Gasteiger partial charge on any atom is -0.453 e. The number of nitrogens with two attached hydrogens (primary N) is 1. The van der Waals surface area contributed by atoms with E-state index < -0.39 is 0 Å². The van der Waals surface area contributed by atoms with Crippen LogP contribution >= 0.6 is 11.6 Å². The summed E-state index contributed by atoms with van der Waals surface area (Å²) in [5.41, 5.74) is 8.44. The molecule has 0 amide bonds. The van der Waals surface area contributed by atoms with Crippen LogP contribution in [0.1, 0.15) is 36.8 Å². The molecule has 0 radical (unpaired) electrons. The fraction of sp³-hybridized carbons (Fsp3) is 0.538. The Morgan fingerprint density at radius 1 is 1.24 bits per heavy atom. The van der Waals surface area contributed by atoms with Gasteiger partial charge in [0.05, 0.1) is 5.02 Å². The molecule has 0 aromatic heterocycles. The number of benzene rings is 1. The molecular weight excluding hydrogens is 238 g/mol. The van der Waals surface area contributed by atoms with Gasteiger partial charge < -0.3 is 15.2 Å². The van der Waals surface area contributed by atoms with Crippen LogP contribution in [-0.4, -0.2) is 6.79 Å². The molecule has 92 valence electrons. The van der Waals surface area contributed by atoms with Crippen molar-refractivity contribution in [3.05, 3.63) is 22.2 Å². The van der Waals surface area contributed by atoms with E-state index in [0.717, 1.165) is 29.7 Å². The molecule has 1 aliphatic carbocycles. The van der Waals surface area contributed by atoms with Gasteiger partial charge in [-0.1, -0.05) is 24.4 Å². The molecule has 1 saturated carbocycles. The van der Waals surface area contributed by atoms with Crippen LogP contribution in [-0.2, 0) is 5.54 Å². The van der Waals surface area contributed by atoms with Gasteiger partial charge in [0, 0.05) is 11.1 Å². The lowest BCUT2D eigenvalue weighted by molar-refractivity contribution is 0.173. The standard InChI is InChI=1S/C13H16ClNO2/c1-8-9(13(15)4-2-3-5-13)6-10(14)12-11(8)16-7-17-12/h6H,2-5,7,15H2,1H3. The molecule has 3 rings (SSSR count). The molecule has 1 aromatic rings. The van der Waals surface area contributed by atoms with Crippen LogP contribution in [0.2, 0.25) is 5.02 Å². The maximum atomic E-state index is 6.49. The van der Waals surface area contributed by atoms with Crippen molar-refractivity contribution in [2.75, 3.05) is 6.79 Å². The summed E-state index contributed by atoms with van der Waals surface area (Å²) in [6, 6.07) is 1.95. The third kappa shape index (κ3) is 1.60. The molecule has 3 nitrogen and oxygen atoms in total. The molecule has 17 heavy (non-hydrogen) atoms. The summed E-state index contributed by atoms with van der Waals surface area (Å²) in [6.07, 6.45) is 4.40. The lowest BCUT2D eigenvalue weighted by Crippen LogP contribution is -2.34. The Bertz CT molecular complexity index is 467. The molecule has 2 N–H and O–H groups in total. The lowest BCUT2D eigenvalue weighted by atomic mass is 9.86. The Balaban J connectivity index is 2.15. The van der Waals surface area contributed by atoms with Gasteiger partial charge in [-0.05, 0) is 31.4 Å². The molecule has 1 aliphatic heterocycles. The van der Waals surface area contributed by atoms with E-state index >= 15 is 0 Å². The van der Waals surface area contributed by atoms with E-state index in [4.69, 9.17) is 26.8 Å². The normalized spacial score (nSPS) is 20.9. The van der Waals surface area contributed by atoms with E-state index in [-0.39, 0.29) is 12.3 Å². The van der Waals surface area contributed by atoms with Gasteiger partial charge in [-0.3, -0.25) is 0 Å². The number of halogens is 1. The molecule has 4 heteroatoms. The van der Waals surface area contributed by atoms with Crippen LogP contribution in [0, 0.1) is 6.92 Å². The van der Waals surface area contributed by atoms with Gasteiger partial charge in [0.25, 0.3) is 0 Å². The Hall–Kier alpha value is -0.930. The van der Waals surface area contributed by atoms with Crippen molar-refractivity contribution >= 4 is 11.6 Å². The van der Waals surface area contributed by atoms with E-state index in [1.165, 1.54) is 12.8 Å². The molecule has 0 unspecified atom stereocenters. The third-order valence-electron chi connectivity index (χ3n) is 3.88. The summed E-state index contributed by atoms with van der Waals surface area (Å²) < 4.78 is 10.9. The van der Waals surface area contributed by atoms with Crippen molar-refractivity contribution in [1.82, 2.24) is 0 Å². The van der Waals surface area contributed by atoms with Crippen LogP contribution in [0.4, 0.5) is 0 Å². The first-order valence-corrected chi connectivity index (χ1v) is 6.38. The largest absolute Gasteiger partial charge is 0.453 e. The summed E-state index contributed by atoms with van der Waals surface area (Å²) in [6.45, 7) is 2.28. The predicted octanol–water partition coefficient (Wildman–Crippen LogP) is 3.11. The van der Waals surface area contributed by atoms with E-state index in [1.54, 1.807) is 0 Å². The summed E-state index contributed by atoms with van der Waals surface area (Å²) in [4.78, 5) is 0. The van der Waals surface area contributed by atoms with Crippen LogP contribution < -0.4 is 15.2 Å². The van der Waals surface area contributed by atoms with Gasteiger partial charge in [-0.25, -0.2) is 0 Å². The van der Waals surface area contributed by atoms with Crippen molar-refractivity contribution in [3.63, 3.8) is 0 Å². The Morgan fingerprint density at radius 3 is 2.59 bits per heavy atom. The van der Waals surface area contributed by atoms with Crippen molar-refractivity contribution in [2.24, 2.45) is 5.73 Å². The molecule has 1 fully saturated rings. The molecule has 0 atom stereocenters. The van der Waals surface area contributed by atoms with Crippen LogP contribution in [0.5, 0.6) is 11.5 Å². The first-order chi connectivity index (χ1) is 8.12. The average molecular weight is 254 g/mol. The molecule has 0 bridgehead atoms. The van der Waals surface area contributed by atoms with Gasteiger partial charge in [-0.2, -0.15) is 0 Å². The number of ether oxygens (including phenoxy) is 2. The first kappa shape index (κ1) is 11.2. The second kappa shape index (κ2) is 3.79. The lowest BCUT2D eigenvalue weighted by Gasteiger charge is -2.27. The van der Waals surface area contributed by atoms with Gasteiger partial charge in [0.1, 0.15) is 0 Å². The van der Waals surface area contributed by atoms with Crippen molar-refractivity contribution < 1.29 is 9.47 Å². The van der Waals surface area contributed by atoms with Crippen LogP contribution in [0.15, 0.2) is 6.07 Å². The highest BCUT2D eigenvalue weighted by atomic mass is 35.5. The zero-order valence-corrected chi connectivity index (χ0v) is 10.6. The second-order valence-corrected chi connectivity index (χ2v) is 5.37. The Kier molecular flexibility index (Phi) is 2.49. The van der Waals surface area contributed by atoms with Gasteiger partial charge in [0.15, 0.2) is 11.5 Å². The fourth-order valence-corrected chi connectivity index (χ4v) is 3.20. The molecule has 0 saturated heterocycles. The number of hydrogen-bond acceptors (Lipinski definition) is 3. The fourth-order valence-electron chi connectivity index (χ4n) is 2.95. The highest BCUT2D eigenvalue weighted by Crippen LogP contribution is 2.48. The van der Waals surface area contributed by atoms with Crippen molar-refractivity contribution in [2.45, 2.75) is 38.1 Å². The van der Waals surface area contributed by atoms with E-state index in [1.807, 2.05) is 13.0 Å². The quantitative estimate of drug-likeness (QED) is 0.836. The average Bonchev–Trinajstić information content (AvgIpc) is 2.92. The maximum Gasteiger partial charge on any atom is 0.231 e. The van der Waals surface area contributed by atoms with Crippen molar-refractivity contribution in [3.8, 4) is 11.5 Å². The van der Waals surface area contributed by atoms with Crippen LogP contribution in [0.3, 0.4) is 0 Å². The highest BCUT2D eigenvalue weighted by Gasteiger charge is 2.35. The van der Waals surface area contributed by atoms with Gasteiger partial charge in [0.2, 0.25) is 6.79 Å². The van der Waals surface area contributed by atoms with Gasteiger partial charge >= 0.3 is 0 Å². The predicted molar refractivity (Wildman–Crippen MR) is 66.6 cm³/mol. The molecule has 0 spiro atoms. The Labute approximate surface area is 106 Å². The summed E-state index contributed by atoms with van der Waals surface area (Å²) >= 11 is 6.23. The van der Waals surface area contributed by atoms with Crippen LogP contribution in [0.25, 0.3) is 0 Å². The molecule has 1 heterocycles. The first-order valence-electron chi connectivity index (χ1n) is 6.00. The number of fused-ring (bicyclic) bond motifs is 1.